The molecule has 0 saturated heterocycles. The number of nitrogens with one attached hydrogen (secondary N) is 1. The summed E-state index contributed by atoms with van der Waals surface area (Å²) in [6, 6.07) is 2.10. The zero-order chi connectivity index (χ0) is 11.5. The van der Waals surface area contributed by atoms with Crippen LogP contribution in [0.25, 0.3) is 0 Å². The van der Waals surface area contributed by atoms with Crippen LogP contribution in [-0.2, 0) is 4.79 Å². The van der Waals surface area contributed by atoms with Gasteiger partial charge in [0.15, 0.2) is 0 Å². The Bertz CT molecular complexity index is 392. The van der Waals surface area contributed by atoms with Gasteiger partial charge in [0, 0.05) is 18.2 Å². The van der Waals surface area contributed by atoms with E-state index in [4.69, 9.17) is 5.73 Å². The summed E-state index contributed by atoms with van der Waals surface area (Å²) in [5.41, 5.74) is 7.60. The lowest BCUT2D eigenvalue weighted by Gasteiger charge is -2.10. The van der Waals surface area contributed by atoms with Gasteiger partial charge in [-0.3, -0.25) is 9.78 Å². The van der Waals surface area contributed by atoms with Crippen molar-refractivity contribution < 1.29 is 4.79 Å². The molecule has 2 unspecified atom stereocenters. The summed E-state index contributed by atoms with van der Waals surface area (Å²) in [6.07, 6.45) is 6.07. The molecular formula is C12H17N3O. The first kappa shape index (κ1) is 11.1. The maximum Gasteiger partial charge on any atom is 0.227 e. The molecule has 1 aromatic heterocycles. The number of rotatable bonds is 2. The molecule has 0 radical (unpaired) electrons. The van der Waals surface area contributed by atoms with E-state index in [0.29, 0.717) is 0 Å². The quantitative estimate of drug-likeness (QED) is 0.791. The average Bonchev–Trinajstić information content (AvgIpc) is 2.65. The van der Waals surface area contributed by atoms with E-state index in [2.05, 4.69) is 10.3 Å². The van der Waals surface area contributed by atoms with Gasteiger partial charge < -0.3 is 11.1 Å². The van der Waals surface area contributed by atoms with Crippen molar-refractivity contribution in [2.45, 2.75) is 32.2 Å². The highest BCUT2D eigenvalue weighted by Gasteiger charge is 2.27. The molecule has 1 aliphatic rings. The van der Waals surface area contributed by atoms with Gasteiger partial charge in [0.1, 0.15) is 0 Å². The number of nitrogens with two attached hydrogens (primary N) is 1. The van der Waals surface area contributed by atoms with E-state index in [1.165, 1.54) is 0 Å². The molecule has 2 rings (SSSR count). The minimum Gasteiger partial charge on any atom is -0.328 e. The Labute approximate surface area is 95.3 Å². The normalized spacial score (nSPS) is 24.4. The molecule has 16 heavy (non-hydrogen) atoms. The van der Waals surface area contributed by atoms with E-state index >= 15 is 0 Å². The Morgan fingerprint density at radius 3 is 2.94 bits per heavy atom. The molecule has 1 amide bonds. The number of nitrogens with zero attached hydrogens (tertiary/aromatic N) is 1. The summed E-state index contributed by atoms with van der Waals surface area (Å²) in [6.45, 7) is 1.95. The zero-order valence-electron chi connectivity index (χ0n) is 9.44. The van der Waals surface area contributed by atoms with Crippen molar-refractivity contribution in [2.24, 2.45) is 11.7 Å². The Morgan fingerprint density at radius 2 is 2.31 bits per heavy atom. The topological polar surface area (TPSA) is 68.0 Å². The highest BCUT2D eigenvalue weighted by Crippen LogP contribution is 2.25. The molecule has 1 aliphatic carbocycles. The summed E-state index contributed by atoms with van der Waals surface area (Å²) in [5, 5.41) is 2.89. The van der Waals surface area contributed by atoms with Crippen LogP contribution in [0.1, 0.15) is 24.8 Å². The summed E-state index contributed by atoms with van der Waals surface area (Å²) in [7, 11) is 0. The molecule has 0 aliphatic heterocycles. The second-order valence-electron chi connectivity index (χ2n) is 4.51. The lowest BCUT2D eigenvalue weighted by atomic mass is 10.1. The molecule has 1 aromatic rings. The van der Waals surface area contributed by atoms with Gasteiger partial charge in [0.25, 0.3) is 0 Å². The smallest absolute Gasteiger partial charge is 0.227 e. The second kappa shape index (κ2) is 4.61. The number of hydrogen-bond acceptors (Lipinski definition) is 3. The first-order valence-electron chi connectivity index (χ1n) is 5.63. The highest BCUT2D eigenvalue weighted by molar-refractivity contribution is 5.92. The van der Waals surface area contributed by atoms with Crippen LogP contribution in [0, 0.1) is 12.8 Å². The third-order valence-corrected chi connectivity index (χ3v) is 2.99. The van der Waals surface area contributed by atoms with Crippen molar-refractivity contribution in [3.8, 4) is 0 Å². The first-order chi connectivity index (χ1) is 7.65. The van der Waals surface area contributed by atoms with Crippen LogP contribution in [0.15, 0.2) is 18.5 Å². The van der Waals surface area contributed by atoms with E-state index in [-0.39, 0.29) is 17.9 Å². The number of anilines is 1. The minimum atomic E-state index is 0.0653. The fourth-order valence-corrected chi connectivity index (χ4v) is 2.12. The summed E-state index contributed by atoms with van der Waals surface area (Å²) < 4.78 is 0. The van der Waals surface area contributed by atoms with E-state index in [1.54, 1.807) is 12.4 Å². The molecule has 3 N–H and O–H groups in total. The number of hydrogen-bond donors (Lipinski definition) is 2. The molecule has 86 valence electrons. The lowest BCUT2D eigenvalue weighted by Crippen LogP contribution is -2.23. The molecule has 4 heteroatoms. The van der Waals surface area contributed by atoms with Gasteiger partial charge in [-0.05, 0) is 37.8 Å². The van der Waals surface area contributed by atoms with Crippen molar-refractivity contribution in [3.63, 3.8) is 0 Å². The SMILES string of the molecule is Cc1cncc(NC(=O)C2CCC(N)C2)c1. The van der Waals surface area contributed by atoms with E-state index in [9.17, 15) is 4.79 Å². The van der Waals surface area contributed by atoms with Gasteiger partial charge in [-0.25, -0.2) is 0 Å². The van der Waals surface area contributed by atoms with Crippen LogP contribution in [-0.4, -0.2) is 16.9 Å². The molecule has 1 heterocycles. The van der Waals surface area contributed by atoms with Gasteiger partial charge >= 0.3 is 0 Å². The third kappa shape index (κ3) is 2.58. The zero-order valence-corrected chi connectivity index (χ0v) is 9.44. The van der Waals surface area contributed by atoms with E-state index in [0.717, 1.165) is 30.5 Å². The fraction of sp³-hybridized carbons (Fsp3) is 0.500. The average molecular weight is 219 g/mol. The predicted molar refractivity (Wildman–Crippen MR) is 62.9 cm³/mol. The summed E-state index contributed by atoms with van der Waals surface area (Å²) >= 11 is 0. The minimum absolute atomic E-state index is 0.0653. The standard InChI is InChI=1S/C12H17N3O/c1-8-4-11(7-14-6-8)15-12(16)9-2-3-10(13)5-9/h4,6-7,9-10H,2-3,5,13H2,1H3,(H,15,16). The van der Waals surface area contributed by atoms with Crippen LogP contribution in [0.5, 0.6) is 0 Å². The largest absolute Gasteiger partial charge is 0.328 e. The predicted octanol–water partition coefficient (Wildman–Crippen LogP) is 1.46. The van der Waals surface area contributed by atoms with Crippen molar-refractivity contribution >= 4 is 11.6 Å². The van der Waals surface area contributed by atoms with Crippen LogP contribution >= 0.6 is 0 Å². The van der Waals surface area contributed by atoms with Crippen molar-refractivity contribution in [1.82, 2.24) is 4.98 Å². The van der Waals surface area contributed by atoms with Gasteiger partial charge in [0.2, 0.25) is 5.91 Å². The van der Waals surface area contributed by atoms with Crippen LogP contribution in [0.4, 0.5) is 5.69 Å². The number of amides is 1. The Kier molecular flexibility index (Phi) is 3.19. The molecule has 1 saturated carbocycles. The Hall–Kier alpha value is -1.42. The fourth-order valence-electron chi connectivity index (χ4n) is 2.12. The molecule has 1 fully saturated rings. The Balaban J connectivity index is 1.97. The second-order valence-corrected chi connectivity index (χ2v) is 4.51. The van der Waals surface area contributed by atoms with Gasteiger partial charge in [-0.15, -0.1) is 0 Å². The summed E-state index contributed by atoms with van der Waals surface area (Å²) in [5.74, 6) is 0.135. The van der Waals surface area contributed by atoms with Gasteiger partial charge in [-0.1, -0.05) is 0 Å². The molecule has 0 spiro atoms. The molecule has 4 nitrogen and oxygen atoms in total. The lowest BCUT2D eigenvalue weighted by molar-refractivity contribution is -0.119. The van der Waals surface area contributed by atoms with Crippen molar-refractivity contribution in [2.75, 3.05) is 5.32 Å². The van der Waals surface area contributed by atoms with E-state index in [1.807, 2.05) is 13.0 Å². The van der Waals surface area contributed by atoms with E-state index < -0.39 is 0 Å². The highest BCUT2D eigenvalue weighted by atomic mass is 16.1. The summed E-state index contributed by atoms with van der Waals surface area (Å²) in [4.78, 5) is 15.9. The number of carbonyl (C=O) groups is 1. The number of pyridine rings is 1. The molecule has 0 aromatic carbocycles. The number of aromatic nitrogens is 1. The Morgan fingerprint density at radius 1 is 1.50 bits per heavy atom. The number of carbonyl (C=O) groups excluding carboxylic acids is 1. The van der Waals surface area contributed by atoms with Gasteiger partial charge in [-0.2, -0.15) is 0 Å². The van der Waals surface area contributed by atoms with Crippen molar-refractivity contribution in [1.29, 1.82) is 0 Å². The molecule has 2 atom stereocenters. The van der Waals surface area contributed by atoms with Crippen LogP contribution in [0.3, 0.4) is 0 Å². The number of aryl methyl sites for hydroxylation is 1. The molecular weight excluding hydrogens is 202 g/mol. The third-order valence-electron chi connectivity index (χ3n) is 2.99. The van der Waals surface area contributed by atoms with Crippen LogP contribution < -0.4 is 11.1 Å². The monoisotopic (exact) mass is 219 g/mol. The van der Waals surface area contributed by atoms with Gasteiger partial charge in [0.05, 0.1) is 11.9 Å². The maximum atomic E-state index is 11.9. The van der Waals surface area contributed by atoms with Crippen molar-refractivity contribution in [3.05, 3.63) is 24.0 Å². The first-order valence-corrected chi connectivity index (χ1v) is 5.63. The molecule has 0 bridgehead atoms. The maximum absolute atomic E-state index is 11.9. The van der Waals surface area contributed by atoms with Crippen LogP contribution in [0.2, 0.25) is 0 Å².